The van der Waals surface area contributed by atoms with Crippen molar-refractivity contribution >= 4 is 33.4 Å². The summed E-state index contributed by atoms with van der Waals surface area (Å²) in [6.07, 6.45) is -3.79. The number of allylic oxidation sites excluding steroid dienone is 1. The van der Waals surface area contributed by atoms with Crippen LogP contribution >= 0.6 is 15.9 Å². The minimum absolute atomic E-state index is 0.0222. The lowest BCUT2D eigenvalue weighted by Gasteiger charge is -2.10. The zero-order valence-corrected chi connectivity index (χ0v) is 15.9. The van der Waals surface area contributed by atoms with Crippen LogP contribution in [0.3, 0.4) is 0 Å². The number of alkyl halides is 3. The van der Waals surface area contributed by atoms with E-state index in [0.717, 1.165) is 10.7 Å². The zero-order chi connectivity index (χ0) is 20.6. The van der Waals surface area contributed by atoms with Gasteiger partial charge in [0, 0.05) is 16.7 Å². The van der Waals surface area contributed by atoms with Crippen molar-refractivity contribution in [3.63, 3.8) is 0 Å². The van der Waals surface area contributed by atoms with Gasteiger partial charge >= 0.3 is 12.1 Å². The summed E-state index contributed by atoms with van der Waals surface area (Å²) in [4.78, 5) is 23.0. The Bertz CT molecular complexity index is 851. The molecular formula is C19H15BrF3NO4. The van der Waals surface area contributed by atoms with Crippen LogP contribution in [0.5, 0.6) is 5.75 Å². The van der Waals surface area contributed by atoms with Crippen molar-refractivity contribution in [2.24, 2.45) is 0 Å². The lowest BCUT2D eigenvalue weighted by atomic mass is 10.2. The summed E-state index contributed by atoms with van der Waals surface area (Å²) < 4.78 is 48.0. The number of nitrogens with one attached hydrogen (secondary N) is 1. The van der Waals surface area contributed by atoms with Crippen LogP contribution in [0.1, 0.15) is 10.4 Å². The predicted molar refractivity (Wildman–Crippen MR) is 100 cm³/mol. The Morgan fingerprint density at radius 3 is 2.39 bits per heavy atom. The Morgan fingerprint density at radius 1 is 1.04 bits per heavy atom. The molecule has 9 heteroatoms. The summed E-state index contributed by atoms with van der Waals surface area (Å²) in [5.41, 5.74) is 0.308. The van der Waals surface area contributed by atoms with E-state index in [2.05, 4.69) is 21.2 Å². The fourth-order valence-corrected chi connectivity index (χ4v) is 2.26. The van der Waals surface area contributed by atoms with Gasteiger partial charge in [0.1, 0.15) is 19.0 Å². The number of rotatable bonds is 8. The first-order chi connectivity index (χ1) is 13.3. The molecular weight excluding hydrogens is 443 g/mol. The van der Waals surface area contributed by atoms with Crippen molar-refractivity contribution < 1.29 is 32.2 Å². The third kappa shape index (κ3) is 6.73. The number of para-hydroxylation sites is 1. The molecule has 2 aromatic carbocycles. The molecule has 0 saturated heterocycles. The SMILES string of the molecule is O=C(OCCOc1ccc(Br)cc1)c1ccccc1N/C=C/C(=O)C(F)(F)F. The molecule has 0 amide bonds. The second-order valence-corrected chi connectivity index (χ2v) is 6.24. The molecule has 28 heavy (non-hydrogen) atoms. The van der Waals surface area contributed by atoms with Gasteiger partial charge in [0.05, 0.1) is 11.3 Å². The van der Waals surface area contributed by atoms with Crippen molar-refractivity contribution in [1.29, 1.82) is 0 Å². The fraction of sp³-hybridized carbons (Fsp3) is 0.158. The van der Waals surface area contributed by atoms with Gasteiger partial charge in [0.25, 0.3) is 5.78 Å². The van der Waals surface area contributed by atoms with Crippen LogP contribution in [0.15, 0.2) is 65.3 Å². The Labute approximate surface area is 167 Å². The molecule has 0 heterocycles. The van der Waals surface area contributed by atoms with Crippen LogP contribution in [0.4, 0.5) is 18.9 Å². The predicted octanol–water partition coefficient (Wildman–Crippen LogP) is 4.74. The van der Waals surface area contributed by atoms with Gasteiger partial charge in [-0.15, -0.1) is 0 Å². The van der Waals surface area contributed by atoms with E-state index in [1.54, 1.807) is 36.4 Å². The van der Waals surface area contributed by atoms with E-state index < -0.39 is 17.9 Å². The van der Waals surface area contributed by atoms with Gasteiger partial charge in [-0.3, -0.25) is 4.79 Å². The van der Waals surface area contributed by atoms with Crippen molar-refractivity contribution in [3.05, 3.63) is 70.8 Å². The number of hydrogen-bond acceptors (Lipinski definition) is 5. The molecule has 0 fully saturated rings. The first-order valence-electron chi connectivity index (χ1n) is 7.96. The van der Waals surface area contributed by atoms with Crippen molar-refractivity contribution in [3.8, 4) is 5.75 Å². The fourth-order valence-electron chi connectivity index (χ4n) is 1.99. The maximum atomic E-state index is 12.2. The second-order valence-electron chi connectivity index (χ2n) is 5.32. The monoisotopic (exact) mass is 457 g/mol. The van der Waals surface area contributed by atoms with Crippen molar-refractivity contribution in [2.75, 3.05) is 18.5 Å². The molecule has 5 nitrogen and oxygen atoms in total. The number of carbonyl (C=O) groups excluding carboxylic acids is 2. The summed E-state index contributed by atoms with van der Waals surface area (Å²) in [5, 5.41) is 2.48. The van der Waals surface area contributed by atoms with E-state index in [1.807, 2.05) is 0 Å². The van der Waals surface area contributed by atoms with Gasteiger partial charge in [-0.1, -0.05) is 28.1 Å². The van der Waals surface area contributed by atoms with E-state index in [4.69, 9.17) is 9.47 Å². The van der Waals surface area contributed by atoms with Gasteiger partial charge in [-0.05, 0) is 36.4 Å². The molecule has 0 radical (unpaired) electrons. The third-order valence-corrected chi connectivity index (χ3v) is 3.83. The van der Waals surface area contributed by atoms with E-state index >= 15 is 0 Å². The highest BCUT2D eigenvalue weighted by atomic mass is 79.9. The highest BCUT2D eigenvalue weighted by Crippen LogP contribution is 2.19. The van der Waals surface area contributed by atoms with Gasteiger partial charge in [-0.2, -0.15) is 13.2 Å². The van der Waals surface area contributed by atoms with Gasteiger partial charge in [-0.25, -0.2) is 4.79 Å². The molecule has 0 saturated carbocycles. The summed E-state index contributed by atoms with van der Waals surface area (Å²) >= 11 is 3.30. The summed E-state index contributed by atoms with van der Waals surface area (Å²) in [7, 11) is 0. The van der Waals surface area contributed by atoms with Crippen LogP contribution in [-0.4, -0.2) is 31.1 Å². The molecule has 1 N–H and O–H groups in total. The molecule has 2 aromatic rings. The van der Waals surface area contributed by atoms with Crippen LogP contribution in [-0.2, 0) is 9.53 Å². The molecule has 2 rings (SSSR count). The zero-order valence-electron chi connectivity index (χ0n) is 14.3. The number of hydrogen-bond donors (Lipinski definition) is 1. The maximum Gasteiger partial charge on any atom is 0.454 e. The van der Waals surface area contributed by atoms with E-state index in [0.29, 0.717) is 11.8 Å². The lowest BCUT2D eigenvalue weighted by molar-refractivity contribution is -0.165. The van der Waals surface area contributed by atoms with Gasteiger partial charge in [0.15, 0.2) is 0 Å². The number of ether oxygens (including phenoxy) is 2. The summed E-state index contributed by atoms with van der Waals surface area (Å²) in [5.74, 6) is -2.08. The van der Waals surface area contributed by atoms with Crippen molar-refractivity contribution in [1.82, 2.24) is 0 Å². The minimum Gasteiger partial charge on any atom is -0.490 e. The third-order valence-electron chi connectivity index (χ3n) is 3.30. The number of benzene rings is 2. The molecule has 0 atom stereocenters. The number of ketones is 1. The van der Waals surface area contributed by atoms with Crippen LogP contribution in [0.25, 0.3) is 0 Å². The minimum atomic E-state index is -4.95. The smallest absolute Gasteiger partial charge is 0.454 e. The Kier molecular flexibility index (Phi) is 7.62. The quantitative estimate of drug-likeness (QED) is 0.352. The average molecular weight is 458 g/mol. The van der Waals surface area contributed by atoms with Crippen LogP contribution < -0.4 is 10.1 Å². The standard InChI is InChI=1S/C19H15BrF3NO4/c20-13-5-7-14(8-6-13)27-11-12-28-18(26)15-3-1-2-4-16(15)24-10-9-17(25)19(21,22)23/h1-10,24H,11-12H2/b10-9+. The summed E-state index contributed by atoms with van der Waals surface area (Å²) in [6.45, 7) is 0.106. The highest BCUT2D eigenvalue weighted by Gasteiger charge is 2.36. The largest absolute Gasteiger partial charge is 0.490 e. The first kappa shape index (κ1) is 21.5. The molecule has 0 spiro atoms. The Hall–Kier alpha value is -2.81. The number of halogens is 4. The Balaban J connectivity index is 1.88. The topological polar surface area (TPSA) is 64.6 Å². The maximum absolute atomic E-state index is 12.2. The average Bonchev–Trinajstić information content (AvgIpc) is 2.66. The molecule has 0 aliphatic rings. The molecule has 0 aliphatic heterocycles. The summed E-state index contributed by atoms with van der Waals surface area (Å²) in [6, 6.07) is 13.2. The second kappa shape index (κ2) is 9.93. The highest BCUT2D eigenvalue weighted by molar-refractivity contribution is 9.10. The number of carbonyl (C=O) groups is 2. The molecule has 0 aliphatic carbocycles. The van der Waals surface area contributed by atoms with E-state index in [1.165, 1.54) is 12.1 Å². The molecule has 0 aromatic heterocycles. The number of esters is 1. The van der Waals surface area contributed by atoms with E-state index in [-0.39, 0.29) is 24.5 Å². The Morgan fingerprint density at radius 2 is 1.71 bits per heavy atom. The van der Waals surface area contributed by atoms with E-state index in [9.17, 15) is 22.8 Å². The van der Waals surface area contributed by atoms with Gasteiger partial charge in [0.2, 0.25) is 0 Å². The first-order valence-corrected chi connectivity index (χ1v) is 8.75. The molecule has 0 bridgehead atoms. The lowest BCUT2D eigenvalue weighted by Crippen LogP contribution is -2.20. The number of anilines is 1. The van der Waals surface area contributed by atoms with Crippen molar-refractivity contribution in [2.45, 2.75) is 6.18 Å². The molecule has 148 valence electrons. The molecule has 0 unspecified atom stereocenters. The van der Waals surface area contributed by atoms with Crippen LogP contribution in [0, 0.1) is 0 Å². The van der Waals surface area contributed by atoms with Gasteiger partial charge < -0.3 is 14.8 Å². The normalized spacial score (nSPS) is 11.3. The van der Waals surface area contributed by atoms with Crippen LogP contribution in [0.2, 0.25) is 0 Å².